The molecule has 0 fully saturated rings. The van der Waals surface area contributed by atoms with E-state index < -0.39 is 5.54 Å². The lowest BCUT2D eigenvalue weighted by Crippen LogP contribution is -2.49. The third kappa shape index (κ3) is 3.54. The van der Waals surface area contributed by atoms with E-state index in [0.717, 1.165) is 11.3 Å². The van der Waals surface area contributed by atoms with Gasteiger partial charge in [-0.2, -0.15) is 0 Å². The van der Waals surface area contributed by atoms with Gasteiger partial charge in [0.2, 0.25) is 5.91 Å². The Kier molecular flexibility index (Phi) is 4.56. The molecule has 2 aromatic rings. The van der Waals surface area contributed by atoms with Crippen LogP contribution < -0.4 is 10.5 Å². The highest BCUT2D eigenvalue weighted by Crippen LogP contribution is 2.39. The fourth-order valence-corrected chi connectivity index (χ4v) is 4.03. The minimum Gasteiger partial charge on any atom is -0.302 e. The van der Waals surface area contributed by atoms with E-state index in [4.69, 9.17) is 0 Å². The second-order valence-electron chi connectivity index (χ2n) is 6.71. The average molecular weight is 355 g/mol. The Labute approximate surface area is 151 Å². The fraction of sp³-hybridized carbons (Fsp3) is 0.316. The van der Waals surface area contributed by atoms with Crippen LogP contribution in [0.3, 0.4) is 0 Å². The standard InChI is InChI=1S/C19H21N3O2S/c1-12-10-19(3,4)22(15-8-6-5-7-14(12)15)17(24)11-25-18-20-13(2)9-16(23)21-18/h5-10H,11H2,1-4H3,(H,20,21,23). The number of carbonyl (C=O) groups excluding carboxylic acids is 1. The maximum Gasteiger partial charge on any atom is 0.251 e. The number of thioether (sulfide) groups is 1. The van der Waals surface area contributed by atoms with E-state index in [-0.39, 0.29) is 17.2 Å². The van der Waals surface area contributed by atoms with E-state index in [2.05, 4.69) is 23.0 Å². The molecule has 130 valence electrons. The van der Waals surface area contributed by atoms with E-state index in [1.807, 2.05) is 43.0 Å². The van der Waals surface area contributed by atoms with Crippen LogP contribution in [0.4, 0.5) is 5.69 Å². The summed E-state index contributed by atoms with van der Waals surface area (Å²) in [6.07, 6.45) is 2.12. The Morgan fingerprint density at radius 3 is 2.72 bits per heavy atom. The zero-order valence-electron chi connectivity index (χ0n) is 14.8. The third-order valence-corrected chi connectivity index (χ3v) is 5.00. The molecule has 0 unspecified atom stereocenters. The number of amides is 1. The summed E-state index contributed by atoms with van der Waals surface area (Å²) < 4.78 is 0. The van der Waals surface area contributed by atoms with Gasteiger partial charge in [-0.3, -0.25) is 9.59 Å². The van der Waals surface area contributed by atoms with E-state index in [1.54, 1.807) is 6.92 Å². The van der Waals surface area contributed by atoms with Gasteiger partial charge in [-0.1, -0.05) is 36.0 Å². The van der Waals surface area contributed by atoms with Crippen LogP contribution in [-0.4, -0.2) is 27.2 Å². The van der Waals surface area contributed by atoms with E-state index >= 15 is 0 Å². The third-order valence-electron chi connectivity index (χ3n) is 4.15. The predicted molar refractivity (Wildman–Crippen MR) is 102 cm³/mol. The number of benzene rings is 1. The van der Waals surface area contributed by atoms with E-state index in [1.165, 1.54) is 23.4 Å². The smallest absolute Gasteiger partial charge is 0.251 e. The first-order chi connectivity index (χ1) is 11.8. The summed E-state index contributed by atoms with van der Waals surface area (Å²) in [5.74, 6) is 0.187. The van der Waals surface area contributed by atoms with Gasteiger partial charge in [0.05, 0.1) is 17.0 Å². The SMILES string of the molecule is CC1=CC(C)(C)N(C(=O)CSc2nc(C)cc(=O)[nH]2)c2ccccc21. The predicted octanol–water partition coefficient (Wildman–Crippen LogP) is 3.40. The van der Waals surface area contributed by atoms with Gasteiger partial charge in [0.1, 0.15) is 0 Å². The van der Waals surface area contributed by atoms with Crippen molar-refractivity contribution in [2.45, 2.75) is 38.4 Å². The lowest BCUT2D eigenvalue weighted by Gasteiger charge is -2.41. The van der Waals surface area contributed by atoms with Crippen LogP contribution in [0.25, 0.3) is 5.57 Å². The summed E-state index contributed by atoms with van der Waals surface area (Å²) in [6.45, 7) is 7.89. The van der Waals surface area contributed by atoms with Gasteiger partial charge < -0.3 is 9.88 Å². The normalized spacial score (nSPS) is 15.5. The first-order valence-electron chi connectivity index (χ1n) is 8.10. The largest absolute Gasteiger partial charge is 0.302 e. The molecule has 2 heterocycles. The molecule has 0 saturated carbocycles. The fourth-order valence-electron chi connectivity index (χ4n) is 3.26. The van der Waals surface area contributed by atoms with E-state index in [0.29, 0.717) is 10.9 Å². The molecule has 25 heavy (non-hydrogen) atoms. The number of nitrogens with zero attached hydrogens (tertiary/aromatic N) is 2. The first kappa shape index (κ1) is 17.5. The number of rotatable bonds is 3. The molecule has 1 aromatic heterocycles. The van der Waals surface area contributed by atoms with Crippen LogP contribution in [0.5, 0.6) is 0 Å². The number of aromatic amines is 1. The van der Waals surface area contributed by atoms with Gasteiger partial charge in [0.15, 0.2) is 5.16 Å². The highest BCUT2D eigenvalue weighted by molar-refractivity contribution is 7.99. The first-order valence-corrected chi connectivity index (χ1v) is 9.09. The minimum absolute atomic E-state index is 0.0182. The van der Waals surface area contributed by atoms with Crippen LogP contribution >= 0.6 is 11.8 Å². The molecule has 0 spiro atoms. The van der Waals surface area contributed by atoms with Crippen molar-refractivity contribution in [2.75, 3.05) is 10.7 Å². The van der Waals surface area contributed by atoms with Crippen LogP contribution in [-0.2, 0) is 4.79 Å². The number of H-pyrrole nitrogens is 1. The number of fused-ring (bicyclic) bond motifs is 1. The van der Waals surface area contributed by atoms with E-state index in [9.17, 15) is 9.59 Å². The van der Waals surface area contributed by atoms with Crippen molar-refractivity contribution in [1.29, 1.82) is 0 Å². The molecule has 1 amide bonds. The molecule has 5 nitrogen and oxygen atoms in total. The Balaban J connectivity index is 1.87. The van der Waals surface area contributed by atoms with Gasteiger partial charge in [0, 0.05) is 17.3 Å². The van der Waals surface area contributed by atoms with Gasteiger partial charge >= 0.3 is 0 Å². The minimum atomic E-state index is -0.413. The summed E-state index contributed by atoms with van der Waals surface area (Å²) in [6, 6.07) is 9.36. The molecule has 0 bridgehead atoms. The monoisotopic (exact) mass is 355 g/mol. The average Bonchev–Trinajstić information content (AvgIpc) is 2.51. The molecule has 0 atom stereocenters. The second kappa shape index (κ2) is 6.52. The topological polar surface area (TPSA) is 66.1 Å². The van der Waals surface area contributed by atoms with Crippen molar-refractivity contribution in [3.05, 3.63) is 58.0 Å². The summed E-state index contributed by atoms with van der Waals surface area (Å²) in [5, 5.41) is 0.466. The zero-order chi connectivity index (χ0) is 18.2. The lowest BCUT2D eigenvalue weighted by atomic mass is 9.89. The zero-order valence-corrected chi connectivity index (χ0v) is 15.6. The molecule has 0 aliphatic carbocycles. The molecule has 1 aliphatic rings. The number of anilines is 1. The molecule has 1 N–H and O–H groups in total. The van der Waals surface area contributed by atoms with Crippen molar-refractivity contribution < 1.29 is 4.79 Å². The number of hydrogen-bond donors (Lipinski definition) is 1. The van der Waals surface area contributed by atoms with Crippen LogP contribution in [0.2, 0.25) is 0 Å². The van der Waals surface area contributed by atoms with Crippen LogP contribution in [0, 0.1) is 6.92 Å². The summed E-state index contributed by atoms with van der Waals surface area (Å²) >= 11 is 1.25. The Morgan fingerprint density at radius 1 is 1.28 bits per heavy atom. The van der Waals surface area contributed by atoms with Gasteiger partial charge in [-0.25, -0.2) is 4.98 Å². The van der Waals surface area contributed by atoms with Crippen molar-refractivity contribution in [3.63, 3.8) is 0 Å². The number of carbonyl (C=O) groups is 1. The molecular formula is C19H21N3O2S. The van der Waals surface area contributed by atoms with Crippen LogP contribution in [0.15, 0.2) is 46.4 Å². The van der Waals surface area contributed by atoms with Crippen molar-refractivity contribution in [3.8, 4) is 0 Å². The molecular weight excluding hydrogens is 334 g/mol. The number of hydrogen-bond acceptors (Lipinski definition) is 4. The quantitative estimate of drug-likeness (QED) is 0.677. The van der Waals surface area contributed by atoms with Crippen LogP contribution in [0.1, 0.15) is 32.0 Å². The van der Waals surface area contributed by atoms with Gasteiger partial charge in [-0.05, 0) is 39.3 Å². The van der Waals surface area contributed by atoms with Crippen molar-refractivity contribution in [2.24, 2.45) is 0 Å². The number of nitrogens with one attached hydrogen (secondary N) is 1. The Bertz CT molecular complexity index is 915. The number of allylic oxidation sites excluding steroid dienone is 1. The lowest BCUT2D eigenvalue weighted by molar-refractivity contribution is -0.116. The summed E-state index contributed by atoms with van der Waals surface area (Å²) in [4.78, 5) is 33.3. The molecule has 3 rings (SSSR count). The highest BCUT2D eigenvalue weighted by atomic mass is 32.2. The summed E-state index contributed by atoms with van der Waals surface area (Å²) in [7, 11) is 0. The number of para-hydroxylation sites is 1. The van der Waals surface area contributed by atoms with Gasteiger partial charge in [-0.15, -0.1) is 0 Å². The summed E-state index contributed by atoms with van der Waals surface area (Å²) in [5.41, 5.74) is 3.18. The number of aryl methyl sites for hydroxylation is 1. The maximum absolute atomic E-state index is 13.0. The highest BCUT2D eigenvalue weighted by Gasteiger charge is 2.35. The van der Waals surface area contributed by atoms with Crippen molar-refractivity contribution in [1.82, 2.24) is 9.97 Å². The molecule has 0 radical (unpaired) electrons. The van der Waals surface area contributed by atoms with Gasteiger partial charge in [0.25, 0.3) is 5.56 Å². The maximum atomic E-state index is 13.0. The Morgan fingerprint density at radius 2 is 2.00 bits per heavy atom. The Hall–Kier alpha value is -2.34. The molecule has 1 aliphatic heterocycles. The molecule has 0 saturated heterocycles. The molecule has 6 heteroatoms. The van der Waals surface area contributed by atoms with Crippen molar-refractivity contribution >= 4 is 28.9 Å². The molecule has 1 aromatic carbocycles. The second-order valence-corrected chi connectivity index (χ2v) is 7.67. The number of aromatic nitrogens is 2.